The first kappa shape index (κ1) is 18.0. The van der Waals surface area contributed by atoms with Crippen LogP contribution in [0.5, 0.6) is 5.88 Å². The molecule has 0 amide bonds. The average molecular weight is 478 g/mol. The molecule has 0 spiro atoms. The van der Waals surface area contributed by atoms with Gasteiger partial charge in [-0.25, -0.2) is 9.97 Å². The van der Waals surface area contributed by atoms with Gasteiger partial charge in [-0.3, -0.25) is 4.90 Å². The van der Waals surface area contributed by atoms with E-state index in [1.807, 2.05) is 0 Å². The van der Waals surface area contributed by atoms with Crippen LogP contribution in [0, 0.1) is 0 Å². The van der Waals surface area contributed by atoms with Gasteiger partial charge >= 0.3 is 0 Å². The zero-order valence-corrected chi connectivity index (χ0v) is 19.8. The third kappa shape index (κ3) is 4.78. The van der Waals surface area contributed by atoms with Crippen LogP contribution in [-0.4, -0.2) is 72.8 Å². The van der Waals surface area contributed by atoms with Gasteiger partial charge < -0.3 is 18.9 Å². The highest BCUT2D eigenvalue weighted by Crippen LogP contribution is 2.46. The lowest BCUT2D eigenvalue weighted by atomic mass is 9.91. The quantitative estimate of drug-likeness (QED) is 0.615. The van der Waals surface area contributed by atoms with Crippen LogP contribution in [-0.2, 0) is 20.6 Å². The number of morpholine rings is 1. The standard InChI is InChI=1S/C25H35N3O4S/c1-2-12-30-21(3-1)31-15-17-4-9-20-22(17)23-24(26-16-27-25(23)33-20)32-19-7-5-18(6-8-19)28-10-13-29-14-11-28/h16-19,21H,1-15H2/t17-,18?,19?,21?/m1/s1/i4D2,9D2. The van der Waals surface area contributed by atoms with Gasteiger partial charge in [0, 0.05) is 42.0 Å². The van der Waals surface area contributed by atoms with E-state index in [9.17, 15) is 0 Å². The molecule has 0 N–H and O–H groups in total. The van der Waals surface area contributed by atoms with Crippen molar-refractivity contribution in [2.75, 3.05) is 39.5 Å². The molecule has 2 saturated heterocycles. The number of aromatic nitrogens is 2. The first-order valence-corrected chi connectivity index (χ1v) is 13.2. The minimum absolute atomic E-state index is 0.0196. The minimum Gasteiger partial charge on any atom is -0.474 e. The number of fused-ring (bicyclic) bond motifs is 3. The van der Waals surface area contributed by atoms with Crippen LogP contribution >= 0.6 is 11.3 Å². The molecule has 0 bridgehead atoms. The highest BCUT2D eigenvalue weighted by Gasteiger charge is 2.33. The molecule has 2 aliphatic carbocycles. The van der Waals surface area contributed by atoms with Crippen LogP contribution in [0.15, 0.2) is 6.33 Å². The van der Waals surface area contributed by atoms with Crippen LogP contribution < -0.4 is 4.74 Å². The Morgan fingerprint density at radius 3 is 2.79 bits per heavy atom. The molecule has 2 aliphatic heterocycles. The molecule has 7 nitrogen and oxygen atoms in total. The maximum Gasteiger partial charge on any atom is 0.225 e. The van der Waals surface area contributed by atoms with Crippen LogP contribution in [0.2, 0.25) is 0 Å². The predicted octanol–water partition coefficient (Wildman–Crippen LogP) is 4.29. The highest BCUT2D eigenvalue weighted by molar-refractivity contribution is 7.19. The SMILES string of the molecule is [2H]C1([2H])c2sc3ncnc(OC4CCC(N5CCOCC5)CC4)c3c2[C@@H](COC2CCCCO2)C1([2H])[2H]. The van der Waals surface area contributed by atoms with Crippen molar-refractivity contribution in [2.24, 2.45) is 0 Å². The largest absolute Gasteiger partial charge is 0.474 e. The molecule has 180 valence electrons. The van der Waals surface area contributed by atoms with Crippen LogP contribution in [0.25, 0.3) is 10.2 Å². The van der Waals surface area contributed by atoms with Gasteiger partial charge in [-0.15, -0.1) is 11.3 Å². The summed E-state index contributed by atoms with van der Waals surface area (Å²) in [6.45, 7) is 4.26. The zero-order chi connectivity index (χ0) is 25.6. The second kappa shape index (κ2) is 10.1. The Morgan fingerprint density at radius 1 is 1.09 bits per heavy atom. The van der Waals surface area contributed by atoms with Crippen molar-refractivity contribution in [2.45, 2.75) is 82.0 Å². The lowest BCUT2D eigenvalue weighted by Gasteiger charge is -2.38. The van der Waals surface area contributed by atoms with E-state index >= 15 is 0 Å². The molecular weight excluding hydrogens is 438 g/mol. The summed E-state index contributed by atoms with van der Waals surface area (Å²) in [6, 6.07) is 0.558. The van der Waals surface area contributed by atoms with Gasteiger partial charge in [0.1, 0.15) is 17.3 Å². The number of ether oxygens (including phenoxy) is 4. The van der Waals surface area contributed by atoms with Gasteiger partial charge in [0.05, 0.1) is 25.2 Å². The fraction of sp³-hybridized carbons (Fsp3) is 0.760. The van der Waals surface area contributed by atoms with Crippen LogP contribution in [0.3, 0.4) is 0 Å². The van der Waals surface area contributed by atoms with E-state index in [2.05, 4.69) is 14.9 Å². The predicted molar refractivity (Wildman–Crippen MR) is 127 cm³/mol. The molecule has 3 fully saturated rings. The van der Waals surface area contributed by atoms with Gasteiger partial charge in [-0.2, -0.15) is 0 Å². The summed E-state index contributed by atoms with van der Waals surface area (Å²) in [7, 11) is 0. The molecule has 2 aromatic rings. The van der Waals surface area contributed by atoms with E-state index in [1.54, 1.807) is 0 Å². The zero-order valence-electron chi connectivity index (χ0n) is 23.0. The number of thiophene rings is 1. The van der Waals surface area contributed by atoms with Crippen molar-refractivity contribution in [1.29, 1.82) is 0 Å². The molecule has 4 aliphatic rings. The lowest BCUT2D eigenvalue weighted by Crippen LogP contribution is -2.46. The molecule has 0 radical (unpaired) electrons. The molecule has 4 heterocycles. The van der Waals surface area contributed by atoms with E-state index in [-0.39, 0.29) is 19.0 Å². The van der Waals surface area contributed by atoms with E-state index < -0.39 is 18.7 Å². The summed E-state index contributed by atoms with van der Waals surface area (Å²) in [4.78, 5) is 12.4. The van der Waals surface area contributed by atoms with Crippen molar-refractivity contribution in [3.05, 3.63) is 16.8 Å². The van der Waals surface area contributed by atoms with Gasteiger partial charge in [0.2, 0.25) is 5.88 Å². The van der Waals surface area contributed by atoms with Crippen LogP contribution in [0.4, 0.5) is 0 Å². The van der Waals surface area contributed by atoms with E-state index in [4.69, 9.17) is 24.4 Å². The maximum atomic E-state index is 8.77. The third-order valence-corrected chi connectivity index (χ3v) is 8.30. The first-order chi connectivity index (χ1) is 17.9. The van der Waals surface area contributed by atoms with Crippen molar-refractivity contribution in [3.63, 3.8) is 0 Å². The Kier molecular flexibility index (Phi) is 5.53. The fourth-order valence-electron chi connectivity index (χ4n) is 5.47. The fourth-order valence-corrected chi connectivity index (χ4v) is 6.52. The molecule has 0 aromatic carbocycles. The summed E-state index contributed by atoms with van der Waals surface area (Å²) in [5, 5.41) is 0.640. The normalized spacial score (nSPS) is 35.9. The summed E-state index contributed by atoms with van der Waals surface area (Å²) in [5.74, 6) is -0.369. The second-order valence-corrected chi connectivity index (χ2v) is 10.4. The second-order valence-electron chi connectivity index (χ2n) is 9.35. The van der Waals surface area contributed by atoms with E-state index in [1.165, 1.54) is 17.7 Å². The van der Waals surface area contributed by atoms with Crippen molar-refractivity contribution < 1.29 is 24.4 Å². The molecule has 2 atom stereocenters. The Bertz CT molecular complexity index is 1100. The molecular formula is C25H35N3O4S. The molecule has 6 rings (SSSR count). The number of rotatable bonds is 6. The highest BCUT2D eigenvalue weighted by atomic mass is 32.1. The topological polar surface area (TPSA) is 65.9 Å². The summed E-state index contributed by atoms with van der Waals surface area (Å²) < 4.78 is 58.6. The van der Waals surface area contributed by atoms with Gasteiger partial charge in [-0.1, -0.05) is 0 Å². The van der Waals surface area contributed by atoms with Gasteiger partial charge in [0.25, 0.3) is 0 Å². The summed E-state index contributed by atoms with van der Waals surface area (Å²) in [5.41, 5.74) is 0.600. The molecule has 8 heteroatoms. The Labute approximate surface area is 205 Å². The van der Waals surface area contributed by atoms with E-state index in [0.29, 0.717) is 39.2 Å². The third-order valence-electron chi connectivity index (χ3n) is 7.27. The van der Waals surface area contributed by atoms with Crippen molar-refractivity contribution in [1.82, 2.24) is 14.9 Å². The molecule has 1 saturated carbocycles. The summed E-state index contributed by atoms with van der Waals surface area (Å²) >= 11 is 1.20. The van der Waals surface area contributed by atoms with Gasteiger partial charge in [-0.05, 0) is 63.3 Å². The van der Waals surface area contributed by atoms with Crippen molar-refractivity contribution >= 4 is 21.6 Å². The maximum absolute atomic E-state index is 8.77. The van der Waals surface area contributed by atoms with E-state index in [0.717, 1.165) is 71.2 Å². The number of hydrogen-bond donors (Lipinski definition) is 0. The summed E-state index contributed by atoms with van der Waals surface area (Å²) in [6.07, 6.45) is 3.55. The lowest BCUT2D eigenvalue weighted by molar-refractivity contribution is -0.164. The molecule has 1 unspecified atom stereocenters. The molecule has 33 heavy (non-hydrogen) atoms. The number of aryl methyl sites for hydroxylation is 1. The Morgan fingerprint density at radius 2 is 1.97 bits per heavy atom. The number of hydrogen-bond acceptors (Lipinski definition) is 8. The van der Waals surface area contributed by atoms with Crippen LogP contribution in [0.1, 0.15) is 73.2 Å². The molecule has 2 aromatic heterocycles. The Balaban J connectivity index is 1.24. The monoisotopic (exact) mass is 477 g/mol. The smallest absolute Gasteiger partial charge is 0.225 e. The Hall–Kier alpha value is -1.32. The first-order valence-electron chi connectivity index (χ1n) is 14.4. The van der Waals surface area contributed by atoms with Gasteiger partial charge in [0.15, 0.2) is 6.29 Å². The average Bonchev–Trinajstić information content (AvgIpc) is 3.37. The minimum atomic E-state index is -2.16. The number of nitrogens with zero attached hydrogens (tertiary/aromatic N) is 3. The van der Waals surface area contributed by atoms with Crippen molar-refractivity contribution in [3.8, 4) is 5.88 Å².